The minimum atomic E-state index is 0.322. The molecule has 0 aromatic rings. The van der Waals surface area contributed by atoms with Gasteiger partial charge in [0.2, 0.25) is 0 Å². The van der Waals surface area contributed by atoms with Gasteiger partial charge in [-0.1, -0.05) is 34.1 Å². The first-order chi connectivity index (χ1) is 9.56. The zero-order chi connectivity index (χ0) is 15.0. The Balaban J connectivity index is 2.59. The molecule has 0 aliphatic carbocycles. The fourth-order valence-corrected chi connectivity index (χ4v) is 3.31. The number of nitrogens with one attached hydrogen (secondary N) is 1. The molecular weight excluding hydrogens is 248 g/mol. The number of likely N-dealkylation sites (tertiary alicyclic amines) is 1. The zero-order valence-electron chi connectivity index (χ0n) is 14.1. The summed E-state index contributed by atoms with van der Waals surface area (Å²) in [6.07, 6.45) is 6.16. The highest BCUT2D eigenvalue weighted by Gasteiger charge is 2.32. The molecule has 1 atom stereocenters. The van der Waals surface area contributed by atoms with Crippen molar-refractivity contribution >= 4 is 0 Å². The maximum absolute atomic E-state index is 9.60. The predicted octanol–water partition coefficient (Wildman–Crippen LogP) is 2.89. The highest BCUT2D eigenvalue weighted by atomic mass is 16.3. The summed E-state index contributed by atoms with van der Waals surface area (Å²) in [5, 5.41) is 13.3. The molecule has 1 saturated heterocycles. The van der Waals surface area contributed by atoms with Crippen molar-refractivity contribution in [1.29, 1.82) is 0 Å². The van der Waals surface area contributed by atoms with Crippen LogP contribution in [0.2, 0.25) is 0 Å². The molecule has 3 nitrogen and oxygen atoms in total. The van der Waals surface area contributed by atoms with Crippen molar-refractivity contribution in [2.24, 2.45) is 11.3 Å². The summed E-state index contributed by atoms with van der Waals surface area (Å²) in [6.45, 7) is 14.0. The van der Waals surface area contributed by atoms with Crippen molar-refractivity contribution in [3.05, 3.63) is 0 Å². The number of hydrogen-bond acceptors (Lipinski definition) is 3. The summed E-state index contributed by atoms with van der Waals surface area (Å²) in [4.78, 5) is 2.55. The lowest BCUT2D eigenvalue weighted by atomic mass is 9.80. The van der Waals surface area contributed by atoms with Crippen LogP contribution in [0.3, 0.4) is 0 Å². The molecule has 0 radical (unpaired) electrons. The van der Waals surface area contributed by atoms with Gasteiger partial charge < -0.3 is 10.4 Å². The van der Waals surface area contributed by atoms with Crippen molar-refractivity contribution in [2.75, 3.05) is 32.8 Å². The Bertz CT molecular complexity index is 251. The van der Waals surface area contributed by atoms with Crippen LogP contribution < -0.4 is 5.32 Å². The Kier molecular flexibility index (Phi) is 8.08. The lowest BCUT2D eigenvalue weighted by Crippen LogP contribution is -2.50. The average molecular weight is 284 g/mol. The largest absolute Gasteiger partial charge is 0.395 e. The van der Waals surface area contributed by atoms with Gasteiger partial charge in [0.05, 0.1) is 6.61 Å². The van der Waals surface area contributed by atoms with Gasteiger partial charge in [-0.3, -0.25) is 4.90 Å². The van der Waals surface area contributed by atoms with E-state index in [1.54, 1.807) is 0 Å². The first-order valence-electron chi connectivity index (χ1n) is 8.62. The van der Waals surface area contributed by atoms with Crippen LogP contribution in [0.15, 0.2) is 0 Å². The normalized spacial score (nSPS) is 21.6. The molecule has 1 aliphatic rings. The van der Waals surface area contributed by atoms with E-state index in [9.17, 15) is 5.11 Å². The number of hydrogen-bond donors (Lipinski definition) is 2. The molecule has 3 heteroatoms. The van der Waals surface area contributed by atoms with E-state index in [1.165, 1.54) is 32.1 Å². The van der Waals surface area contributed by atoms with Crippen LogP contribution in [0.4, 0.5) is 0 Å². The molecule has 0 saturated carbocycles. The molecule has 1 rings (SSSR count). The van der Waals surface area contributed by atoms with E-state index >= 15 is 0 Å². The van der Waals surface area contributed by atoms with Crippen LogP contribution in [0.5, 0.6) is 0 Å². The maximum atomic E-state index is 9.60. The highest BCUT2D eigenvalue weighted by Crippen LogP contribution is 2.30. The summed E-state index contributed by atoms with van der Waals surface area (Å²) >= 11 is 0. The quantitative estimate of drug-likeness (QED) is 0.683. The second-order valence-corrected chi connectivity index (χ2v) is 7.03. The fourth-order valence-electron chi connectivity index (χ4n) is 3.31. The van der Waals surface area contributed by atoms with Crippen molar-refractivity contribution in [3.63, 3.8) is 0 Å². The van der Waals surface area contributed by atoms with Gasteiger partial charge in [-0.2, -0.15) is 0 Å². The second-order valence-electron chi connectivity index (χ2n) is 7.03. The molecule has 0 amide bonds. The molecule has 0 bridgehead atoms. The fraction of sp³-hybridized carbons (Fsp3) is 1.00. The SMILES string of the molecule is CCC(CC)(CNCC(C)C)CN1CCCCC1CO. The van der Waals surface area contributed by atoms with Gasteiger partial charge in [0.1, 0.15) is 0 Å². The van der Waals surface area contributed by atoms with Crippen LogP contribution in [0, 0.1) is 11.3 Å². The van der Waals surface area contributed by atoms with Crippen molar-refractivity contribution < 1.29 is 5.11 Å². The summed E-state index contributed by atoms with van der Waals surface area (Å²) in [6, 6.07) is 0.395. The van der Waals surface area contributed by atoms with Crippen molar-refractivity contribution in [3.8, 4) is 0 Å². The lowest BCUT2D eigenvalue weighted by Gasteiger charge is -2.43. The second kappa shape index (κ2) is 9.01. The summed E-state index contributed by atoms with van der Waals surface area (Å²) in [5.41, 5.74) is 0.361. The molecule has 2 N–H and O–H groups in total. The van der Waals surface area contributed by atoms with E-state index in [2.05, 4.69) is 37.9 Å². The zero-order valence-corrected chi connectivity index (χ0v) is 14.1. The maximum Gasteiger partial charge on any atom is 0.0586 e. The minimum Gasteiger partial charge on any atom is -0.395 e. The molecular formula is C17H36N2O. The van der Waals surface area contributed by atoms with Gasteiger partial charge in [-0.15, -0.1) is 0 Å². The van der Waals surface area contributed by atoms with Gasteiger partial charge >= 0.3 is 0 Å². The first kappa shape index (κ1) is 17.9. The Labute approximate surface area is 126 Å². The molecule has 20 heavy (non-hydrogen) atoms. The number of rotatable bonds is 9. The van der Waals surface area contributed by atoms with Crippen LogP contribution in [-0.4, -0.2) is 48.8 Å². The van der Waals surface area contributed by atoms with E-state index in [0.29, 0.717) is 24.0 Å². The summed E-state index contributed by atoms with van der Waals surface area (Å²) in [5.74, 6) is 0.710. The van der Waals surface area contributed by atoms with Crippen LogP contribution in [0.25, 0.3) is 0 Å². The van der Waals surface area contributed by atoms with Gasteiger partial charge in [0, 0.05) is 19.1 Å². The smallest absolute Gasteiger partial charge is 0.0586 e. The average Bonchev–Trinajstić information content (AvgIpc) is 2.46. The van der Waals surface area contributed by atoms with E-state index in [1.807, 2.05) is 0 Å². The number of aliphatic hydroxyl groups is 1. The third-order valence-corrected chi connectivity index (χ3v) is 5.05. The standard InChI is InChI=1S/C17H36N2O/c1-5-17(6-2,13-18-11-15(3)4)14-19-10-8-7-9-16(19)12-20/h15-16,18,20H,5-14H2,1-4H3. The van der Waals surface area contributed by atoms with Gasteiger partial charge in [0.25, 0.3) is 0 Å². The number of aliphatic hydroxyl groups excluding tert-OH is 1. The van der Waals surface area contributed by atoms with Crippen LogP contribution >= 0.6 is 0 Å². The van der Waals surface area contributed by atoms with Crippen LogP contribution in [0.1, 0.15) is 59.8 Å². The molecule has 1 unspecified atom stereocenters. The highest BCUT2D eigenvalue weighted by molar-refractivity contribution is 4.87. The Hall–Kier alpha value is -0.120. The Morgan fingerprint density at radius 1 is 1.25 bits per heavy atom. The van der Waals surface area contributed by atoms with E-state index in [0.717, 1.165) is 26.2 Å². The third-order valence-electron chi connectivity index (χ3n) is 5.05. The van der Waals surface area contributed by atoms with Crippen molar-refractivity contribution in [2.45, 2.75) is 65.8 Å². The topological polar surface area (TPSA) is 35.5 Å². The van der Waals surface area contributed by atoms with Gasteiger partial charge in [-0.25, -0.2) is 0 Å². The first-order valence-corrected chi connectivity index (χ1v) is 8.62. The molecule has 0 spiro atoms. The Morgan fingerprint density at radius 2 is 1.95 bits per heavy atom. The van der Waals surface area contributed by atoms with E-state index < -0.39 is 0 Å². The third kappa shape index (κ3) is 5.34. The lowest BCUT2D eigenvalue weighted by molar-refractivity contribution is 0.0429. The number of nitrogens with zero attached hydrogens (tertiary/aromatic N) is 1. The molecule has 120 valence electrons. The molecule has 1 fully saturated rings. The predicted molar refractivity (Wildman–Crippen MR) is 87.0 cm³/mol. The van der Waals surface area contributed by atoms with Crippen LogP contribution in [-0.2, 0) is 0 Å². The number of piperidine rings is 1. The molecule has 0 aromatic carbocycles. The summed E-state index contributed by atoms with van der Waals surface area (Å²) < 4.78 is 0. The monoisotopic (exact) mass is 284 g/mol. The Morgan fingerprint density at radius 3 is 2.50 bits per heavy atom. The van der Waals surface area contributed by atoms with Gasteiger partial charge in [-0.05, 0) is 50.1 Å². The molecule has 0 aromatic heterocycles. The van der Waals surface area contributed by atoms with E-state index in [4.69, 9.17) is 0 Å². The van der Waals surface area contributed by atoms with Crippen molar-refractivity contribution in [1.82, 2.24) is 10.2 Å². The molecule has 1 heterocycles. The van der Waals surface area contributed by atoms with Gasteiger partial charge in [0.15, 0.2) is 0 Å². The summed E-state index contributed by atoms with van der Waals surface area (Å²) in [7, 11) is 0. The molecule has 1 aliphatic heterocycles. The minimum absolute atomic E-state index is 0.322. The van der Waals surface area contributed by atoms with E-state index in [-0.39, 0.29) is 0 Å².